The molecule has 0 aliphatic carbocycles. The second kappa shape index (κ2) is 6.43. The molecule has 0 amide bonds. The average molecular weight is 281 g/mol. The Balaban J connectivity index is 2.16. The van der Waals surface area contributed by atoms with Crippen LogP contribution >= 0.6 is 0 Å². The van der Waals surface area contributed by atoms with E-state index in [1.165, 1.54) is 12.1 Å². The Labute approximate surface area is 115 Å². The average Bonchev–Trinajstić information content (AvgIpc) is 2.38. The summed E-state index contributed by atoms with van der Waals surface area (Å²) in [5.74, 6) is -2.28. The molecule has 20 heavy (non-hydrogen) atoms. The molecule has 0 saturated heterocycles. The van der Waals surface area contributed by atoms with Gasteiger partial charge in [-0.05, 0) is 24.2 Å². The van der Waals surface area contributed by atoms with Crippen LogP contribution in [0, 0.1) is 17.5 Å². The van der Waals surface area contributed by atoms with Gasteiger partial charge < -0.3 is 10.1 Å². The van der Waals surface area contributed by atoms with E-state index in [0.717, 1.165) is 30.3 Å². The standard InChI is InChI=1S/C15H14F3NO/c1-2-19-9-10-3-4-15(14(18)5-10)20-13-7-11(16)6-12(17)8-13/h3-8,19H,2,9H2,1H3. The summed E-state index contributed by atoms with van der Waals surface area (Å²) in [6, 6.07) is 7.17. The summed E-state index contributed by atoms with van der Waals surface area (Å²) in [6.45, 7) is 3.27. The number of nitrogens with one attached hydrogen (secondary N) is 1. The maximum absolute atomic E-state index is 13.8. The van der Waals surface area contributed by atoms with Gasteiger partial charge in [0.05, 0.1) is 0 Å². The molecule has 0 atom stereocenters. The van der Waals surface area contributed by atoms with E-state index in [-0.39, 0.29) is 11.5 Å². The number of hydrogen-bond donors (Lipinski definition) is 1. The van der Waals surface area contributed by atoms with Gasteiger partial charge in [0, 0.05) is 24.7 Å². The first-order chi connectivity index (χ1) is 9.58. The fourth-order valence-electron chi connectivity index (χ4n) is 1.72. The number of ether oxygens (including phenoxy) is 1. The zero-order valence-corrected chi connectivity index (χ0v) is 10.9. The lowest BCUT2D eigenvalue weighted by Gasteiger charge is -2.09. The molecule has 0 aromatic heterocycles. The molecule has 106 valence electrons. The second-order valence-electron chi connectivity index (χ2n) is 4.25. The van der Waals surface area contributed by atoms with Crippen molar-refractivity contribution in [3.8, 4) is 11.5 Å². The van der Waals surface area contributed by atoms with Crippen LogP contribution in [0.2, 0.25) is 0 Å². The molecule has 0 unspecified atom stereocenters. The lowest BCUT2D eigenvalue weighted by Crippen LogP contribution is -2.11. The van der Waals surface area contributed by atoms with E-state index >= 15 is 0 Å². The fourth-order valence-corrected chi connectivity index (χ4v) is 1.72. The zero-order valence-electron chi connectivity index (χ0n) is 10.9. The lowest BCUT2D eigenvalue weighted by molar-refractivity contribution is 0.433. The van der Waals surface area contributed by atoms with Crippen LogP contribution in [0.25, 0.3) is 0 Å². The molecular weight excluding hydrogens is 267 g/mol. The van der Waals surface area contributed by atoms with E-state index in [2.05, 4.69) is 5.32 Å². The van der Waals surface area contributed by atoms with Crippen molar-refractivity contribution in [3.05, 3.63) is 59.4 Å². The van der Waals surface area contributed by atoms with Crippen molar-refractivity contribution in [1.82, 2.24) is 5.32 Å². The largest absolute Gasteiger partial charge is 0.454 e. The first-order valence-electron chi connectivity index (χ1n) is 6.21. The first-order valence-corrected chi connectivity index (χ1v) is 6.21. The van der Waals surface area contributed by atoms with Gasteiger partial charge >= 0.3 is 0 Å². The molecule has 2 rings (SSSR count). The monoisotopic (exact) mass is 281 g/mol. The van der Waals surface area contributed by atoms with Gasteiger partial charge in [0.1, 0.15) is 17.4 Å². The highest BCUT2D eigenvalue weighted by molar-refractivity contribution is 5.35. The van der Waals surface area contributed by atoms with Crippen LogP contribution in [0.1, 0.15) is 12.5 Å². The molecule has 2 nitrogen and oxygen atoms in total. The molecule has 0 aliphatic rings. The molecule has 5 heteroatoms. The Hall–Kier alpha value is -2.01. The highest BCUT2D eigenvalue weighted by Crippen LogP contribution is 2.26. The Morgan fingerprint density at radius 3 is 2.30 bits per heavy atom. The van der Waals surface area contributed by atoms with Crippen molar-refractivity contribution in [2.75, 3.05) is 6.54 Å². The lowest BCUT2D eigenvalue weighted by atomic mass is 10.2. The van der Waals surface area contributed by atoms with Crippen molar-refractivity contribution < 1.29 is 17.9 Å². The third-order valence-corrected chi connectivity index (χ3v) is 2.64. The van der Waals surface area contributed by atoms with Crippen LogP contribution in [0.4, 0.5) is 13.2 Å². The van der Waals surface area contributed by atoms with Crippen molar-refractivity contribution in [2.24, 2.45) is 0 Å². The Bertz CT molecular complexity index is 581. The Morgan fingerprint density at radius 1 is 1.00 bits per heavy atom. The number of benzene rings is 2. The highest BCUT2D eigenvalue weighted by Gasteiger charge is 2.08. The molecule has 0 fully saturated rings. The Kier molecular flexibility index (Phi) is 4.63. The number of halogens is 3. The minimum Gasteiger partial charge on any atom is -0.454 e. The van der Waals surface area contributed by atoms with Crippen LogP contribution in [0.3, 0.4) is 0 Å². The van der Waals surface area contributed by atoms with E-state index in [9.17, 15) is 13.2 Å². The van der Waals surface area contributed by atoms with E-state index in [1.807, 2.05) is 6.92 Å². The topological polar surface area (TPSA) is 21.3 Å². The van der Waals surface area contributed by atoms with Crippen LogP contribution in [0.5, 0.6) is 11.5 Å². The van der Waals surface area contributed by atoms with Gasteiger partial charge in [0.2, 0.25) is 0 Å². The predicted octanol–water partition coefficient (Wildman–Crippen LogP) is 4.01. The minimum atomic E-state index is -0.774. The summed E-state index contributed by atoms with van der Waals surface area (Å²) in [6.07, 6.45) is 0. The summed E-state index contributed by atoms with van der Waals surface area (Å²) in [4.78, 5) is 0. The van der Waals surface area contributed by atoms with Crippen LogP contribution < -0.4 is 10.1 Å². The molecular formula is C15H14F3NO. The third-order valence-electron chi connectivity index (χ3n) is 2.64. The summed E-state index contributed by atoms with van der Waals surface area (Å²) in [5, 5.41) is 3.07. The van der Waals surface area contributed by atoms with E-state index in [0.29, 0.717) is 6.54 Å². The SMILES string of the molecule is CCNCc1ccc(Oc2cc(F)cc(F)c2)c(F)c1. The van der Waals surface area contributed by atoms with Gasteiger partial charge in [-0.2, -0.15) is 0 Å². The number of rotatable bonds is 5. The van der Waals surface area contributed by atoms with Crippen LogP contribution in [0.15, 0.2) is 36.4 Å². The van der Waals surface area contributed by atoms with Gasteiger partial charge in [-0.25, -0.2) is 13.2 Å². The van der Waals surface area contributed by atoms with Gasteiger partial charge in [0.25, 0.3) is 0 Å². The van der Waals surface area contributed by atoms with Gasteiger partial charge in [-0.3, -0.25) is 0 Å². The van der Waals surface area contributed by atoms with Crippen molar-refractivity contribution in [1.29, 1.82) is 0 Å². The quantitative estimate of drug-likeness (QED) is 0.894. The van der Waals surface area contributed by atoms with E-state index < -0.39 is 17.5 Å². The van der Waals surface area contributed by atoms with E-state index in [4.69, 9.17) is 4.74 Å². The summed E-state index contributed by atoms with van der Waals surface area (Å²) in [7, 11) is 0. The van der Waals surface area contributed by atoms with Crippen LogP contribution in [-0.2, 0) is 6.54 Å². The van der Waals surface area contributed by atoms with Crippen molar-refractivity contribution in [3.63, 3.8) is 0 Å². The second-order valence-corrected chi connectivity index (χ2v) is 4.25. The molecule has 2 aromatic rings. The Morgan fingerprint density at radius 2 is 1.70 bits per heavy atom. The van der Waals surface area contributed by atoms with Crippen molar-refractivity contribution >= 4 is 0 Å². The summed E-state index contributed by atoms with van der Waals surface area (Å²) >= 11 is 0. The van der Waals surface area contributed by atoms with Crippen molar-refractivity contribution in [2.45, 2.75) is 13.5 Å². The predicted molar refractivity (Wildman–Crippen MR) is 70.2 cm³/mol. The molecule has 0 radical (unpaired) electrons. The van der Waals surface area contributed by atoms with Gasteiger partial charge in [-0.1, -0.05) is 13.0 Å². The molecule has 0 aliphatic heterocycles. The molecule has 0 saturated carbocycles. The molecule has 0 bridgehead atoms. The third kappa shape index (κ3) is 3.74. The normalized spacial score (nSPS) is 10.6. The summed E-state index contributed by atoms with van der Waals surface area (Å²) < 4.78 is 45.0. The van der Waals surface area contributed by atoms with Gasteiger partial charge in [-0.15, -0.1) is 0 Å². The molecule has 2 aromatic carbocycles. The highest BCUT2D eigenvalue weighted by atomic mass is 19.1. The summed E-state index contributed by atoms with van der Waals surface area (Å²) in [5.41, 5.74) is 0.766. The zero-order chi connectivity index (χ0) is 14.5. The minimum absolute atomic E-state index is 0.0738. The fraction of sp³-hybridized carbons (Fsp3) is 0.200. The molecule has 1 N–H and O–H groups in total. The van der Waals surface area contributed by atoms with Crippen LogP contribution in [-0.4, -0.2) is 6.54 Å². The smallest absolute Gasteiger partial charge is 0.166 e. The van der Waals surface area contributed by atoms with E-state index in [1.54, 1.807) is 6.07 Å². The van der Waals surface area contributed by atoms with Gasteiger partial charge in [0.15, 0.2) is 11.6 Å². The molecule has 0 heterocycles. The number of hydrogen-bond acceptors (Lipinski definition) is 2. The maximum atomic E-state index is 13.8. The molecule has 0 spiro atoms. The maximum Gasteiger partial charge on any atom is 0.166 e. The first kappa shape index (κ1) is 14.4.